The fraction of sp³-hybridized carbons (Fsp3) is 0.727. The molecular weight excluding hydrogens is 490 g/mol. The SMILES string of the molecule is CCCCCCCN1CC[C@@H](CCCc2ccnc3ccc(OCCC4CCNCC4)cc23)[C@@H](CC)C1.Cl. The Labute approximate surface area is 239 Å². The van der Waals surface area contributed by atoms with Crippen LogP contribution in [0, 0.1) is 17.8 Å². The molecule has 0 amide bonds. The molecule has 4 rings (SSSR count). The van der Waals surface area contributed by atoms with E-state index in [0.29, 0.717) is 0 Å². The van der Waals surface area contributed by atoms with Gasteiger partial charge < -0.3 is 15.0 Å². The molecule has 5 heteroatoms. The number of ether oxygens (including phenoxy) is 1. The molecule has 38 heavy (non-hydrogen) atoms. The van der Waals surface area contributed by atoms with Crippen LogP contribution in [0.2, 0.25) is 0 Å². The molecule has 1 N–H and O–H groups in total. The Morgan fingerprint density at radius 3 is 2.61 bits per heavy atom. The largest absolute Gasteiger partial charge is 0.494 e. The van der Waals surface area contributed by atoms with Crippen LogP contribution >= 0.6 is 12.4 Å². The highest BCUT2D eigenvalue weighted by Gasteiger charge is 2.27. The van der Waals surface area contributed by atoms with E-state index in [9.17, 15) is 0 Å². The maximum absolute atomic E-state index is 6.20. The molecule has 2 aliphatic rings. The third-order valence-electron chi connectivity index (χ3n) is 9.16. The Bertz CT molecular complexity index is 916. The fourth-order valence-electron chi connectivity index (χ4n) is 6.70. The molecule has 2 aromatic rings. The van der Waals surface area contributed by atoms with Crippen molar-refractivity contribution in [3.63, 3.8) is 0 Å². The van der Waals surface area contributed by atoms with E-state index in [-0.39, 0.29) is 12.4 Å². The Balaban J connectivity index is 0.00000400. The van der Waals surface area contributed by atoms with Crippen molar-refractivity contribution in [1.29, 1.82) is 0 Å². The number of hydrogen-bond acceptors (Lipinski definition) is 4. The number of halogens is 1. The molecule has 4 nitrogen and oxygen atoms in total. The van der Waals surface area contributed by atoms with Crippen LogP contribution in [-0.2, 0) is 6.42 Å². The van der Waals surface area contributed by atoms with Gasteiger partial charge in [0.15, 0.2) is 0 Å². The van der Waals surface area contributed by atoms with Crippen molar-refractivity contribution in [3.05, 3.63) is 36.0 Å². The first kappa shape index (κ1) is 31.2. The van der Waals surface area contributed by atoms with E-state index >= 15 is 0 Å². The van der Waals surface area contributed by atoms with Crippen molar-refractivity contribution < 1.29 is 4.74 Å². The summed E-state index contributed by atoms with van der Waals surface area (Å²) in [6.07, 6.45) is 19.2. The third kappa shape index (κ3) is 9.68. The Morgan fingerprint density at radius 1 is 0.947 bits per heavy atom. The first-order valence-electron chi connectivity index (χ1n) is 15.7. The molecule has 2 saturated heterocycles. The number of piperidine rings is 2. The van der Waals surface area contributed by atoms with Crippen LogP contribution in [0.1, 0.15) is 96.5 Å². The molecule has 1 aromatic carbocycles. The summed E-state index contributed by atoms with van der Waals surface area (Å²) in [4.78, 5) is 7.40. The lowest BCUT2D eigenvalue weighted by molar-refractivity contribution is 0.108. The van der Waals surface area contributed by atoms with Gasteiger partial charge in [-0.2, -0.15) is 0 Å². The van der Waals surface area contributed by atoms with Crippen LogP contribution in [0.15, 0.2) is 30.5 Å². The lowest BCUT2D eigenvalue weighted by Gasteiger charge is -2.38. The van der Waals surface area contributed by atoms with E-state index < -0.39 is 0 Å². The fourth-order valence-corrected chi connectivity index (χ4v) is 6.70. The topological polar surface area (TPSA) is 37.4 Å². The highest BCUT2D eigenvalue weighted by atomic mass is 35.5. The highest BCUT2D eigenvalue weighted by Crippen LogP contribution is 2.32. The standard InChI is InChI=1S/C33H53N3O.ClH/c1-3-5-6-7-8-22-36-23-17-29(28(4-2)26-36)10-9-11-30-16-21-35-33-13-12-31(25-32(30)33)37-24-18-27-14-19-34-20-15-27;/h12-13,16,21,25,27-29,34H,3-11,14-15,17-20,22-24,26H2,1-2H3;1H/t28-,29+;/m0./s1. The molecule has 1 aromatic heterocycles. The van der Waals surface area contributed by atoms with Gasteiger partial charge in [-0.1, -0.05) is 46.0 Å². The van der Waals surface area contributed by atoms with Gasteiger partial charge in [-0.05, 0) is 125 Å². The number of aromatic nitrogens is 1. The van der Waals surface area contributed by atoms with E-state index in [1.165, 1.54) is 101 Å². The zero-order chi connectivity index (χ0) is 25.7. The molecule has 3 heterocycles. The second kappa shape index (κ2) is 17.4. The van der Waals surface area contributed by atoms with Crippen LogP contribution < -0.4 is 10.1 Å². The number of hydrogen-bond donors (Lipinski definition) is 1. The second-order valence-corrected chi connectivity index (χ2v) is 11.8. The van der Waals surface area contributed by atoms with E-state index in [0.717, 1.165) is 61.6 Å². The summed E-state index contributed by atoms with van der Waals surface area (Å²) in [6, 6.07) is 8.72. The molecule has 0 unspecified atom stereocenters. The van der Waals surface area contributed by atoms with E-state index in [1.807, 2.05) is 6.20 Å². The molecule has 2 aliphatic heterocycles. The molecule has 0 aliphatic carbocycles. The summed E-state index contributed by atoms with van der Waals surface area (Å²) in [5.74, 6) is 3.58. The monoisotopic (exact) mass is 543 g/mol. The van der Waals surface area contributed by atoms with Gasteiger partial charge in [0.1, 0.15) is 5.75 Å². The highest BCUT2D eigenvalue weighted by molar-refractivity contribution is 5.85. The van der Waals surface area contributed by atoms with Gasteiger partial charge in [0.2, 0.25) is 0 Å². The van der Waals surface area contributed by atoms with Crippen molar-refractivity contribution in [1.82, 2.24) is 15.2 Å². The average Bonchev–Trinajstić information content (AvgIpc) is 2.94. The summed E-state index contributed by atoms with van der Waals surface area (Å²) >= 11 is 0. The average molecular weight is 544 g/mol. The van der Waals surface area contributed by atoms with E-state index in [4.69, 9.17) is 4.74 Å². The van der Waals surface area contributed by atoms with Gasteiger partial charge >= 0.3 is 0 Å². The molecule has 0 spiro atoms. The number of aryl methyl sites for hydroxylation is 1. The zero-order valence-electron chi connectivity index (χ0n) is 24.3. The summed E-state index contributed by atoms with van der Waals surface area (Å²) in [5.41, 5.74) is 2.54. The molecule has 0 radical (unpaired) electrons. The normalized spacial score (nSPS) is 20.9. The maximum Gasteiger partial charge on any atom is 0.120 e. The minimum atomic E-state index is 0. The minimum absolute atomic E-state index is 0. The van der Waals surface area contributed by atoms with Gasteiger partial charge in [0.25, 0.3) is 0 Å². The van der Waals surface area contributed by atoms with Crippen LogP contribution in [-0.4, -0.2) is 49.2 Å². The number of likely N-dealkylation sites (tertiary alicyclic amines) is 1. The number of nitrogens with one attached hydrogen (secondary N) is 1. The first-order valence-corrected chi connectivity index (χ1v) is 15.7. The maximum atomic E-state index is 6.20. The lowest BCUT2D eigenvalue weighted by atomic mass is 9.80. The van der Waals surface area contributed by atoms with E-state index in [1.54, 1.807) is 0 Å². The van der Waals surface area contributed by atoms with E-state index in [2.05, 4.69) is 53.3 Å². The molecule has 0 bridgehead atoms. The van der Waals surface area contributed by atoms with Crippen molar-refractivity contribution in [3.8, 4) is 5.75 Å². The molecule has 2 fully saturated rings. The smallest absolute Gasteiger partial charge is 0.120 e. The quantitative estimate of drug-likeness (QED) is 0.230. The predicted octanol–water partition coefficient (Wildman–Crippen LogP) is 8.07. The van der Waals surface area contributed by atoms with Crippen LogP contribution in [0.4, 0.5) is 0 Å². The summed E-state index contributed by atoms with van der Waals surface area (Å²) in [7, 11) is 0. The lowest BCUT2D eigenvalue weighted by Crippen LogP contribution is -2.40. The second-order valence-electron chi connectivity index (χ2n) is 11.8. The Hall–Kier alpha value is -1.36. The number of fused-ring (bicyclic) bond motifs is 1. The molecule has 2 atom stereocenters. The zero-order valence-corrected chi connectivity index (χ0v) is 25.1. The van der Waals surface area contributed by atoms with Gasteiger partial charge in [0, 0.05) is 18.1 Å². The Morgan fingerprint density at radius 2 is 1.79 bits per heavy atom. The number of unbranched alkanes of at least 4 members (excludes halogenated alkanes) is 4. The van der Waals surface area contributed by atoms with Crippen molar-refractivity contribution in [2.24, 2.45) is 17.8 Å². The van der Waals surface area contributed by atoms with Gasteiger partial charge in [-0.25, -0.2) is 0 Å². The van der Waals surface area contributed by atoms with Crippen LogP contribution in [0.5, 0.6) is 5.75 Å². The molecule has 0 saturated carbocycles. The number of rotatable bonds is 15. The summed E-state index contributed by atoms with van der Waals surface area (Å²) < 4.78 is 6.20. The van der Waals surface area contributed by atoms with Crippen molar-refractivity contribution >= 4 is 23.3 Å². The Kier molecular flexibility index (Phi) is 14.2. The summed E-state index contributed by atoms with van der Waals surface area (Å²) in [5, 5.41) is 4.74. The van der Waals surface area contributed by atoms with Crippen LogP contribution in [0.25, 0.3) is 10.9 Å². The van der Waals surface area contributed by atoms with Gasteiger partial charge in [-0.3, -0.25) is 4.98 Å². The molecular formula is C33H54ClN3O. The third-order valence-corrected chi connectivity index (χ3v) is 9.16. The minimum Gasteiger partial charge on any atom is -0.494 e. The number of benzene rings is 1. The van der Waals surface area contributed by atoms with Crippen LogP contribution in [0.3, 0.4) is 0 Å². The van der Waals surface area contributed by atoms with Crippen molar-refractivity contribution in [2.75, 3.05) is 39.3 Å². The number of nitrogens with zero attached hydrogens (tertiary/aromatic N) is 2. The predicted molar refractivity (Wildman–Crippen MR) is 165 cm³/mol. The summed E-state index contributed by atoms with van der Waals surface area (Å²) in [6.45, 7) is 11.8. The number of pyridine rings is 1. The van der Waals surface area contributed by atoms with Gasteiger partial charge in [0.05, 0.1) is 12.1 Å². The first-order chi connectivity index (χ1) is 18.3. The van der Waals surface area contributed by atoms with Crippen molar-refractivity contribution in [2.45, 2.75) is 97.3 Å². The molecule has 214 valence electrons. The van der Waals surface area contributed by atoms with Gasteiger partial charge in [-0.15, -0.1) is 12.4 Å².